The Morgan fingerprint density at radius 2 is 2.18 bits per heavy atom. The molecule has 5 N–H and O–H groups in total. The molecule has 0 aliphatic carbocycles. The predicted molar refractivity (Wildman–Crippen MR) is 85.1 cm³/mol. The lowest BCUT2D eigenvalue weighted by Gasteiger charge is -2.13. The summed E-state index contributed by atoms with van der Waals surface area (Å²) in [6, 6.07) is 5.58. The van der Waals surface area contributed by atoms with Crippen molar-refractivity contribution in [2.24, 2.45) is 0 Å². The number of rotatable bonds is 1. The minimum absolute atomic E-state index is 0.00552. The van der Waals surface area contributed by atoms with Crippen LogP contribution in [0.2, 0.25) is 5.02 Å². The number of imidazole rings is 1. The Bertz CT molecular complexity index is 881. The van der Waals surface area contributed by atoms with Crippen LogP contribution in [-0.4, -0.2) is 27.4 Å². The van der Waals surface area contributed by atoms with Crippen LogP contribution >= 0.6 is 11.6 Å². The van der Waals surface area contributed by atoms with Gasteiger partial charge in [0, 0.05) is 34.1 Å². The van der Waals surface area contributed by atoms with Crippen LogP contribution < -0.4 is 11.1 Å². The van der Waals surface area contributed by atoms with E-state index < -0.39 is 0 Å². The van der Waals surface area contributed by atoms with Crippen molar-refractivity contribution in [1.82, 2.24) is 20.3 Å². The Morgan fingerprint density at radius 3 is 2.95 bits per heavy atom. The van der Waals surface area contributed by atoms with E-state index in [4.69, 9.17) is 17.3 Å². The molecule has 0 bridgehead atoms. The van der Waals surface area contributed by atoms with Crippen LogP contribution in [0.4, 0.5) is 5.95 Å². The number of aromatic amines is 2. The molecule has 0 saturated heterocycles. The Labute approximate surface area is 131 Å². The zero-order valence-electron chi connectivity index (χ0n) is 11.6. The molecule has 0 radical (unpaired) electrons. The number of benzene rings is 1. The van der Waals surface area contributed by atoms with Gasteiger partial charge in [0.05, 0.1) is 6.20 Å². The molecule has 112 valence electrons. The van der Waals surface area contributed by atoms with Gasteiger partial charge in [-0.3, -0.25) is 4.79 Å². The van der Waals surface area contributed by atoms with E-state index >= 15 is 0 Å². The molecule has 1 amide bonds. The van der Waals surface area contributed by atoms with Crippen molar-refractivity contribution in [1.29, 1.82) is 0 Å². The fraction of sp³-hybridized carbons (Fsp3) is 0.200. The normalized spacial score (nSPS) is 18.0. The number of hydrogen-bond acceptors (Lipinski definition) is 3. The monoisotopic (exact) mass is 315 g/mol. The molecule has 4 rings (SSSR count). The molecule has 1 unspecified atom stereocenters. The first-order valence-electron chi connectivity index (χ1n) is 7.03. The van der Waals surface area contributed by atoms with Gasteiger partial charge in [0.1, 0.15) is 5.69 Å². The third-order valence-electron chi connectivity index (χ3n) is 4.09. The van der Waals surface area contributed by atoms with Gasteiger partial charge in [0.15, 0.2) is 5.95 Å². The number of carbonyl (C=O) groups is 1. The van der Waals surface area contributed by atoms with Gasteiger partial charge in [-0.25, -0.2) is 4.98 Å². The number of halogens is 1. The number of H-pyrrole nitrogens is 2. The second kappa shape index (κ2) is 4.78. The van der Waals surface area contributed by atoms with Gasteiger partial charge >= 0.3 is 0 Å². The van der Waals surface area contributed by atoms with Gasteiger partial charge in [-0.2, -0.15) is 0 Å². The Hall–Kier alpha value is -2.47. The topological polar surface area (TPSA) is 99.6 Å². The number of nitrogens with one attached hydrogen (secondary N) is 3. The highest BCUT2D eigenvalue weighted by atomic mass is 35.5. The van der Waals surface area contributed by atoms with Crippen LogP contribution in [-0.2, 0) is 0 Å². The maximum absolute atomic E-state index is 12.3. The lowest BCUT2D eigenvalue weighted by Crippen LogP contribution is -2.23. The Morgan fingerprint density at radius 1 is 1.32 bits per heavy atom. The van der Waals surface area contributed by atoms with Gasteiger partial charge in [-0.15, -0.1) is 0 Å². The van der Waals surface area contributed by atoms with Crippen molar-refractivity contribution in [3.63, 3.8) is 0 Å². The summed E-state index contributed by atoms with van der Waals surface area (Å²) in [6.45, 7) is 0.590. The Kier molecular flexibility index (Phi) is 2.87. The smallest absolute Gasteiger partial charge is 0.268 e. The van der Waals surface area contributed by atoms with Gasteiger partial charge in [0.25, 0.3) is 5.91 Å². The maximum atomic E-state index is 12.3. The molecule has 0 fully saturated rings. The summed E-state index contributed by atoms with van der Waals surface area (Å²) in [7, 11) is 0. The second-order valence-electron chi connectivity index (χ2n) is 5.42. The standard InChI is InChI=1S/C15H14ClN5O/c16-7-1-2-10-9(5-7)12-8(11-6-19-15(17)21-11)3-4-18-14(22)13(12)20-10/h1-2,5-6,8,20H,3-4H2,(H,18,22)(H3,17,19,21). The third kappa shape index (κ3) is 1.95. The van der Waals surface area contributed by atoms with Crippen LogP contribution in [0.15, 0.2) is 24.4 Å². The maximum Gasteiger partial charge on any atom is 0.268 e. The number of nitrogen functional groups attached to an aromatic ring is 1. The summed E-state index contributed by atoms with van der Waals surface area (Å²) in [5, 5.41) is 4.51. The number of carbonyl (C=O) groups excluding carboxylic acids is 1. The number of aromatic nitrogens is 3. The molecule has 3 aromatic rings. The van der Waals surface area contributed by atoms with E-state index in [2.05, 4.69) is 20.3 Å². The largest absolute Gasteiger partial charge is 0.369 e. The van der Waals surface area contributed by atoms with E-state index in [1.54, 1.807) is 12.3 Å². The summed E-state index contributed by atoms with van der Waals surface area (Å²) < 4.78 is 0. The fourth-order valence-corrected chi connectivity index (χ4v) is 3.30. The first-order chi connectivity index (χ1) is 10.6. The van der Waals surface area contributed by atoms with E-state index in [-0.39, 0.29) is 11.8 Å². The molecule has 0 spiro atoms. The van der Waals surface area contributed by atoms with E-state index in [9.17, 15) is 4.79 Å². The molecule has 1 aliphatic rings. The molecular weight excluding hydrogens is 302 g/mol. The minimum atomic E-state index is -0.0997. The Balaban J connectivity index is 2.00. The molecule has 3 heterocycles. The second-order valence-corrected chi connectivity index (χ2v) is 5.86. The highest BCUT2D eigenvalue weighted by Gasteiger charge is 2.29. The molecule has 1 atom stereocenters. The lowest BCUT2D eigenvalue weighted by molar-refractivity contribution is 0.0952. The minimum Gasteiger partial charge on any atom is -0.369 e. The van der Waals surface area contributed by atoms with Crippen molar-refractivity contribution in [2.45, 2.75) is 12.3 Å². The SMILES string of the molecule is Nc1ncc(C2CCNC(=O)c3[nH]c4ccc(Cl)cc4c32)[nH]1. The predicted octanol–water partition coefficient (Wildman–Crippen LogP) is 2.39. The molecule has 6 nitrogen and oxygen atoms in total. The van der Waals surface area contributed by atoms with Crippen molar-refractivity contribution in [2.75, 3.05) is 12.3 Å². The van der Waals surface area contributed by atoms with Gasteiger partial charge in [-0.1, -0.05) is 11.6 Å². The molecule has 0 saturated carbocycles. The van der Waals surface area contributed by atoms with E-state index in [1.165, 1.54) is 0 Å². The molecule has 1 aromatic carbocycles. The molecule has 1 aliphatic heterocycles. The summed E-state index contributed by atoms with van der Waals surface area (Å²) in [4.78, 5) is 22.7. The van der Waals surface area contributed by atoms with E-state index in [0.717, 1.165) is 28.6 Å². The van der Waals surface area contributed by atoms with E-state index in [1.807, 2.05) is 12.1 Å². The molecule has 7 heteroatoms. The molecular formula is C15H14ClN5O. The van der Waals surface area contributed by atoms with Crippen LogP contribution in [0.1, 0.15) is 34.1 Å². The van der Waals surface area contributed by atoms with Crippen molar-refractivity contribution in [3.05, 3.63) is 46.4 Å². The van der Waals surface area contributed by atoms with Crippen molar-refractivity contribution in [3.8, 4) is 0 Å². The molecule has 2 aromatic heterocycles. The first-order valence-corrected chi connectivity index (χ1v) is 7.41. The van der Waals surface area contributed by atoms with Crippen molar-refractivity contribution >= 4 is 34.4 Å². The summed E-state index contributed by atoms with van der Waals surface area (Å²) >= 11 is 6.14. The van der Waals surface area contributed by atoms with E-state index in [0.29, 0.717) is 23.2 Å². The molecule has 22 heavy (non-hydrogen) atoms. The zero-order valence-corrected chi connectivity index (χ0v) is 12.4. The number of nitrogens with two attached hydrogens (primary N) is 1. The van der Waals surface area contributed by atoms with Crippen LogP contribution in [0, 0.1) is 0 Å². The number of amides is 1. The van der Waals surface area contributed by atoms with Gasteiger partial charge in [0.2, 0.25) is 0 Å². The third-order valence-corrected chi connectivity index (χ3v) is 4.32. The fourth-order valence-electron chi connectivity index (χ4n) is 3.13. The van der Waals surface area contributed by atoms with Crippen LogP contribution in [0.5, 0.6) is 0 Å². The number of anilines is 1. The number of fused-ring (bicyclic) bond motifs is 3. The highest BCUT2D eigenvalue weighted by molar-refractivity contribution is 6.31. The lowest BCUT2D eigenvalue weighted by atomic mass is 9.91. The highest BCUT2D eigenvalue weighted by Crippen LogP contribution is 2.37. The zero-order chi connectivity index (χ0) is 15.3. The van der Waals surface area contributed by atoms with Crippen LogP contribution in [0.25, 0.3) is 10.9 Å². The number of nitrogens with zero attached hydrogens (tertiary/aromatic N) is 1. The first kappa shape index (κ1) is 13.2. The summed E-state index contributed by atoms with van der Waals surface area (Å²) in [5.74, 6) is 0.279. The number of hydrogen-bond donors (Lipinski definition) is 4. The quantitative estimate of drug-likeness (QED) is 0.554. The van der Waals surface area contributed by atoms with Crippen LogP contribution in [0.3, 0.4) is 0 Å². The average Bonchev–Trinajstić information content (AvgIpc) is 3.03. The van der Waals surface area contributed by atoms with Crippen molar-refractivity contribution < 1.29 is 4.79 Å². The summed E-state index contributed by atoms with van der Waals surface area (Å²) in [5.41, 5.74) is 9.01. The average molecular weight is 316 g/mol. The van der Waals surface area contributed by atoms with Gasteiger partial charge in [-0.05, 0) is 30.2 Å². The van der Waals surface area contributed by atoms with Gasteiger partial charge < -0.3 is 21.0 Å². The summed E-state index contributed by atoms with van der Waals surface area (Å²) in [6.07, 6.45) is 2.49.